The molecule has 3 rings (SSSR count). The van der Waals surface area contributed by atoms with Crippen LogP contribution in [0.2, 0.25) is 5.02 Å². The van der Waals surface area contributed by atoms with Crippen molar-refractivity contribution in [3.63, 3.8) is 0 Å². The first-order valence-electron chi connectivity index (χ1n) is 11.3. The van der Waals surface area contributed by atoms with Crippen molar-refractivity contribution in [2.75, 3.05) is 27.2 Å². The fraction of sp³-hybridized carbons (Fsp3) is 0.240. The fourth-order valence-electron chi connectivity index (χ4n) is 3.49. The van der Waals surface area contributed by atoms with E-state index in [1.165, 1.54) is 30.2 Å². The summed E-state index contributed by atoms with van der Waals surface area (Å²) < 4.78 is 48.5. The molecule has 0 bridgehead atoms. The number of hydrogen-bond acceptors (Lipinski definition) is 8. The number of benzene rings is 1. The van der Waals surface area contributed by atoms with E-state index in [0.717, 1.165) is 28.6 Å². The number of halogens is 4. The van der Waals surface area contributed by atoms with Crippen LogP contribution in [0.5, 0.6) is 11.5 Å². The van der Waals surface area contributed by atoms with Crippen molar-refractivity contribution >= 4 is 36.2 Å². The molecular weight excluding hydrogens is 555 g/mol. The van der Waals surface area contributed by atoms with E-state index in [0.29, 0.717) is 6.07 Å². The lowest BCUT2D eigenvalue weighted by molar-refractivity contribution is -0.138. The molecule has 3 N–H and O–H groups in total. The minimum Gasteiger partial charge on any atom is -0.451 e. The standard InChI is InChI=1S/C24H21ClF3N7O3.CH4O/c1-4-17-19(32-35(21(17)31-2)23(37)33(3)8-6-29)13-34-7-5-18(24(26,27)28)20(22(34)36)38-16-10-14(12-30)9-15(25)11-16;1-2/h4-5,7,9-11H,1-2,6,8,13,29H2,3H3;2H,1H3. The first-order chi connectivity index (χ1) is 18.9. The molecule has 0 spiro atoms. The summed E-state index contributed by atoms with van der Waals surface area (Å²) in [5, 5.41) is 20.4. The SMILES string of the molecule is C=Cc1c(Cn2ccc(C(F)(F)F)c(Oc3cc(Cl)cc(C#N)c3)c2=O)nn(C(=O)N(C)CCN)c1N=C.CO. The Kier molecular flexibility index (Phi) is 10.8. The van der Waals surface area contributed by atoms with E-state index < -0.39 is 29.1 Å². The number of aliphatic hydroxyl groups excluding tert-OH is 1. The van der Waals surface area contributed by atoms with E-state index in [9.17, 15) is 22.8 Å². The molecule has 0 unspecified atom stereocenters. The second-order valence-electron chi connectivity index (χ2n) is 7.83. The molecule has 0 aliphatic carbocycles. The van der Waals surface area contributed by atoms with E-state index in [1.807, 2.05) is 0 Å². The minimum absolute atomic E-state index is 0.0206. The Morgan fingerprint density at radius 2 is 2.05 bits per heavy atom. The number of carbonyl (C=O) groups is 1. The number of alkyl halides is 3. The van der Waals surface area contributed by atoms with Crippen LogP contribution in [0.25, 0.3) is 6.08 Å². The second kappa shape index (κ2) is 13.6. The van der Waals surface area contributed by atoms with Crippen molar-refractivity contribution < 1.29 is 27.8 Å². The third-order valence-corrected chi connectivity index (χ3v) is 5.48. The Morgan fingerprint density at radius 1 is 1.38 bits per heavy atom. The van der Waals surface area contributed by atoms with Gasteiger partial charge in [-0.2, -0.15) is 28.2 Å². The molecule has 0 saturated carbocycles. The fourth-order valence-corrected chi connectivity index (χ4v) is 3.72. The molecule has 2 heterocycles. The number of amides is 1. The Hall–Kier alpha value is -4.45. The zero-order chi connectivity index (χ0) is 30.2. The van der Waals surface area contributed by atoms with E-state index in [-0.39, 0.29) is 53.0 Å². The van der Waals surface area contributed by atoms with Crippen LogP contribution in [0.4, 0.5) is 23.8 Å². The predicted octanol–water partition coefficient (Wildman–Crippen LogP) is 3.87. The number of ether oxygens (including phenoxy) is 1. The van der Waals surface area contributed by atoms with Crippen LogP contribution < -0.4 is 16.0 Å². The van der Waals surface area contributed by atoms with Crippen LogP contribution in [0.1, 0.15) is 22.4 Å². The highest BCUT2D eigenvalue weighted by atomic mass is 35.5. The first-order valence-corrected chi connectivity index (χ1v) is 11.6. The van der Waals surface area contributed by atoms with Gasteiger partial charge in [0.15, 0.2) is 5.82 Å². The van der Waals surface area contributed by atoms with Gasteiger partial charge in [-0.3, -0.25) is 4.79 Å². The van der Waals surface area contributed by atoms with E-state index >= 15 is 0 Å². The summed E-state index contributed by atoms with van der Waals surface area (Å²) in [5.41, 5.74) is 3.40. The number of carbonyl (C=O) groups excluding carboxylic acids is 1. The van der Waals surface area contributed by atoms with Crippen molar-refractivity contribution in [2.45, 2.75) is 12.7 Å². The average Bonchev–Trinajstić information content (AvgIpc) is 3.27. The normalized spacial score (nSPS) is 10.7. The highest BCUT2D eigenvalue weighted by molar-refractivity contribution is 6.30. The van der Waals surface area contributed by atoms with Gasteiger partial charge in [0.1, 0.15) is 11.3 Å². The smallest absolute Gasteiger partial charge is 0.420 e. The number of nitrogens with two attached hydrogens (primary N) is 1. The van der Waals surface area contributed by atoms with Crippen molar-refractivity contribution in [2.24, 2.45) is 10.7 Å². The maximum Gasteiger partial charge on any atom is 0.420 e. The van der Waals surface area contributed by atoms with Crippen molar-refractivity contribution in [1.29, 1.82) is 5.26 Å². The third-order valence-electron chi connectivity index (χ3n) is 5.27. The molecule has 11 nitrogen and oxygen atoms in total. The number of likely N-dealkylation sites (N-methyl/N-ethyl adjacent to an activating group) is 1. The Balaban J connectivity index is 0.00000274. The summed E-state index contributed by atoms with van der Waals surface area (Å²) in [6.07, 6.45) is -2.68. The number of hydrogen-bond donors (Lipinski definition) is 2. The molecule has 2 aromatic heterocycles. The topological polar surface area (TPSA) is 152 Å². The van der Waals surface area contributed by atoms with Crippen LogP contribution in [0.15, 0.2) is 46.8 Å². The molecule has 0 radical (unpaired) electrons. The molecule has 212 valence electrons. The van der Waals surface area contributed by atoms with Gasteiger partial charge in [-0.1, -0.05) is 24.3 Å². The second-order valence-corrected chi connectivity index (χ2v) is 8.27. The maximum atomic E-state index is 13.8. The molecule has 1 amide bonds. The highest BCUT2D eigenvalue weighted by Gasteiger charge is 2.37. The van der Waals surface area contributed by atoms with Crippen LogP contribution in [-0.4, -0.2) is 64.3 Å². The number of aliphatic imine (C=N–C) groups is 1. The summed E-state index contributed by atoms with van der Waals surface area (Å²) in [7, 11) is 2.49. The number of aromatic nitrogens is 3. The zero-order valence-corrected chi connectivity index (χ0v) is 22.2. The molecule has 0 fully saturated rings. The predicted molar refractivity (Wildman–Crippen MR) is 143 cm³/mol. The molecule has 0 atom stereocenters. The van der Waals surface area contributed by atoms with Gasteiger partial charge < -0.3 is 25.0 Å². The lowest BCUT2D eigenvalue weighted by atomic mass is 10.2. The van der Waals surface area contributed by atoms with Crippen LogP contribution in [-0.2, 0) is 12.7 Å². The summed E-state index contributed by atoms with van der Waals surface area (Å²) in [6.45, 7) is 7.16. The van der Waals surface area contributed by atoms with Crippen LogP contribution in [0.3, 0.4) is 0 Å². The van der Waals surface area contributed by atoms with Gasteiger partial charge in [0, 0.05) is 44.0 Å². The largest absolute Gasteiger partial charge is 0.451 e. The van der Waals surface area contributed by atoms with E-state index in [2.05, 4.69) is 23.4 Å². The van der Waals surface area contributed by atoms with E-state index in [1.54, 1.807) is 6.07 Å². The molecule has 15 heteroatoms. The molecule has 40 heavy (non-hydrogen) atoms. The minimum atomic E-state index is -4.93. The molecule has 0 saturated heterocycles. The summed E-state index contributed by atoms with van der Waals surface area (Å²) in [5.74, 6) is -1.24. The van der Waals surface area contributed by atoms with Gasteiger partial charge in [-0.15, -0.1) is 0 Å². The third kappa shape index (κ3) is 6.94. The van der Waals surface area contributed by atoms with Gasteiger partial charge in [-0.05, 0) is 31.0 Å². The Morgan fingerprint density at radius 3 is 2.60 bits per heavy atom. The van der Waals surface area contributed by atoms with Crippen molar-refractivity contribution in [3.8, 4) is 17.6 Å². The monoisotopic (exact) mass is 579 g/mol. The van der Waals surface area contributed by atoms with Gasteiger partial charge in [0.25, 0.3) is 5.56 Å². The van der Waals surface area contributed by atoms with Crippen LogP contribution >= 0.6 is 11.6 Å². The van der Waals surface area contributed by atoms with Gasteiger partial charge >= 0.3 is 12.2 Å². The average molecular weight is 580 g/mol. The van der Waals surface area contributed by atoms with Gasteiger partial charge in [0.2, 0.25) is 5.75 Å². The summed E-state index contributed by atoms with van der Waals surface area (Å²) >= 11 is 5.93. The Bertz CT molecular complexity index is 1510. The van der Waals surface area contributed by atoms with Crippen molar-refractivity contribution in [3.05, 3.63) is 74.8 Å². The summed E-state index contributed by atoms with van der Waals surface area (Å²) in [4.78, 5) is 31.2. The molecule has 0 aliphatic rings. The van der Waals surface area contributed by atoms with Gasteiger partial charge in [0.05, 0.1) is 23.9 Å². The number of aliphatic hydroxyl groups is 1. The summed E-state index contributed by atoms with van der Waals surface area (Å²) in [6, 6.07) is 5.48. The Labute approximate surface area is 231 Å². The number of pyridine rings is 1. The van der Waals surface area contributed by atoms with Crippen molar-refractivity contribution in [1.82, 2.24) is 19.2 Å². The lowest BCUT2D eigenvalue weighted by Gasteiger charge is -2.16. The quantitative estimate of drug-likeness (QED) is 0.384. The first kappa shape index (κ1) is 31.8. The number of rotatable bonds is 8. The van der Waals surface area contributed by atoms with Crippen LogP contribution in [0, 0.1) is 11.3 Å². The number of nitriles is 1. The molecule has 0 aliphatic heterocycles. The maximum absolute atomic E-state index is 13.8. The molecule has 1 aromatic carbocycles. The lowest BCUT2D eigenvalue weighted by Crippen LogP contribution is -2.35. The molecule has 3 aromatic rings. The molecular formula is C25H25ClF3N7O4. The highest BCUT2D eigenvalue weighted by Crippen LogP contribution is 2.37. The van der Waals surface area contributed by atoms with Gasteiger partial charge in [-0.25, -0.2) is 9.79 Å². The van der Waals surface area contributed by atoms with E-state index in [4.69, 9.17) is 32.4 Å². The number of nitrogens with zero attached hydrogens (tertiary/aromatic N) is 6. The zero-order valence-electron chi connectivity index (χ0n) is 21.4.